The summed E-state index contributed by atoms with van der Waals surface area (Å²) in [6.07, 6.45) is 5.75. The summed E-state index contributed by atoms with van der Waals surface area (Å²) in [6.45, 7) is 0. The summed E-state index contributed by atoms with van der Waals surface area (Å²) in [4.78, 5) is 25.0. The largest absolute Gasteiger partial charge is 0.384 e. The summed E-state index contributed by atoms with van der Waals surface area (Å²) in [5.74, 6) is 0.0253. The lowest BCUT2D eigenvalue weighted by Crippen LogP contribution is -2.24. The first-order chi connectivity index (χ1) is 17.9. The van der Waals surface area contributed by atoms with Crippen molar-refractivity contribution in [2.24, 2.45) is 0 Å². The molecule has 2 aliphatic rings. The van der Waals surface area contributed by atoms with Gasteiger partial charge in [0, 0.05) is 27.8 Å². The van der Waals surface area contributed by atoms with E-state index in [-0.39, 0.29) is 28.4 Å². The number of pyridine rings is 2. The summed E-state index contributed by atoms with van der Waals surface area (Å²) in [5, 5.41) is 12.0. The molecule has 1 aliphatic carbocycles. The van der Waals surface area contributed by atoms with Gasteiger partial charge in [0.05, 0.1) is 29.2 Å². The fourth-order valence-corrected chi connectivity index (χ4v) is 5.54. The number of hydrogen-bond donors (Lipinski definition) is 2. The number of benzene rings is 1. The van der Waals surface area contributed by atoms with E-state index >= 15 is 0 Å². The molecule has 4 aromatic heterocycles. The number of nitrogen functional groups attached to an aromatic ring is 1. The van der Waals surface area contributed by atoms with Crippen LogP contribution < -0.4 is 11.3 Å². The molecule has 1 fully saturated rings. The predicted molar refractivity (Wildman–Crippen MR) is 134 cm³/mol. The van der Waals surface area contributed by atoms with Crippen molar-refractivity contribution in [1.29, 1.82) is 0 Å². The Hall–Kier alpha value is -4.38. The van der Waals surface area contributed by atoms with Crippen LogP contribution in [0.5, 0.6) is 0 Å². The number of tetrazole rings is 1. The molecule has 1 aromatic carbocycles. The number of imidazole rings is 1. The predicted octanol–water partition coefficient (Wildman–Crippen LogP) is 3.68. The number of aromatic nitrogens is 8. The van der Waals surface area contributed by atoms with Crippen molar-refractivity contribution in [3.63, 3.8) is 0 Å². The van der Waals surface area contributed by atoms with Crippen LogP contribution in [0.2, 0.25) is 5.02 Å². The van der Waals surface area contributed by atoms with E-state index in [2.05, 4.69) is 36.5 Å². The van der Waals surface area contributed by atoms with Gasteiger partial charge in [0.25, 0.3) is 5.56 Å². The number of halogens is 2. The van der Waals surface area contributed by atoms with Gasteiger partial charge in [-0.2, -0.15) is 9.07 Å². The lowest BCUT2D eigenvalue weighted by Gasteiger charge is -2.15. The molecule has 1 atom stereocenters. The van der Waals surface area contributed by atoms with Crippen LogP contribution in [0.3, 0.4) is 0 Å². The van der Waals surface area contributed by atoms with Crippen LogP contribution in [0.25, 0.3) is 28.1 Å². The van der Waals surface area contributed by atoms with E-state index in [4.69, 9.17) is 17.3 Å². The van der Waals surface area contributed by atoms with Crippen LogP contribution in [-0.2, 0) is 5.41 Å². The Balaban J connectivity index is 1.33. The standard InChI is InChI=1S/C25H19ClFN9O/c26-14-1-3-18(35-12-30-33-34-35)16(9-14)13-7-20-25(5-6-25)10-19(36(20)22(37)8-13)24-29-11-17(31-24)15-2-4-21(28)32-23(15)27/h1-4,7-9,11-12,19H,5-6,10H2,(H2,28,32)(H,29,31). The number of fused-ring (bicyclic) bond motifs is 2. The van der Waals surface area contributed by atoms with Crippen LogP contribution in [0.4, 0.5) is 10.2 Å². The second kappa shape index (κ2) is 7.81. The molecule has 1 unspecified atom stereocenters. The molecule has 184 valence electrons. The summed E-state index contributed by atoms with van der Waals surface area (Å²) < 4.78 is 17.8. The quantitative estimate of drug-likeness (QED) is 0.349. The summed E-state index contributed by atoms with van der Waals surface area (Å²) in [6, 6.07) is 11.9. The number of nitrogens with one attached hydrogen (secondary N) is 1. The fourth-order valence-electron chi connectivity index (χ4n) is 5.36. The first-order valence-electron chi connectivity index (χ1n) is 11.7. The molecule has 7 rings (SSSR count). The monoisotopic (exact) mass is 515 g/mol. The molecule has 0 bridgehead atoms. The fraction of sp³-hybridized carbons (Fsp3) is 0.200. The Morgan fingerprint density at radius 1 is 1.14 bits per heavy atom. The Labute approximate surface area is 214 Å². The molecule has 5 aromatic rings. The average molecular weight is 516 g/mol. The molecule has 12 heteroatoms. The summed E-state index contributed by atoms with van der Waals surface area (Å²) >= 11 is 6.33. The number of nitrogens with zero attached hydrogens (tertiary/aromatic N) is 7. The Kier molecular flexibility index (Phi) is 4.61. The van der Waals surface area contributed by atoms with Crippen molar-refractivity contribution >= 4 is 17.4 Å². The zero-order chi connectivity index (χ0) is 25.3. The van der Waals surface area contributed by atoms with Crippen molar-refractivity contribution in [2.45, 2.75) is 30.7 Å². The molecular weight excluding hydrogens is 497 g/mol. The Morgan fingerprint density at radius 2 is 2.00 bits per heavy atom. The smallest absolute Gasteiger partial charge is 0.252 e. The van der Waals surface area contributed by atoms with Crippen LogP contribution in [0.15, 0.2) is 59.8 Å². The van der Waals surface area contributed by atoms with Crippen molar-refractivity contribution in [3.8, 4) is 28.1 Å². The molecule has 1 aliphatic heterocycles. The van der Waals surface area contributed by atoms with Gasteiger partial charge in [0.1, 0.15) is 18.0 Å². The van der Waals surface area contributed by atoms with E-state index in [0.29, 0.717) is 22.2 Å². The first-order valence-corrected chi connectivity index (χ1v) is 12.1. The first kappa shape index (κ1) is 21.9. The van der Waals surface area contributed by atoms with E-state index in [1.54, 1.807) is 33.6 Å². The van der Waals surface area contributed by atoms with Crippen molar-refractivity contribution in [3.05, 3.63) is 87.8 Å². The Morgan fingerprint density at radius 3 is 2.76 bits per heavy atom. The van der Waals surface area contributed by atoms with E-state index in [0.717, 1.165) is 36.1 Å². The van der Waals surface area contributed by atoms with Gasteiger partial charge in [0.2, 0.25) is 5.95 Å². The number of hydrogen-bond acceptors (Lipinski definition) is 7. The SMILES string of the molecule is Nc1ccc(-c2cnc(C3CC4(CC4)c4cc(-c5cc(Cl)ccc5-n5cnnn5)cc(=O)n43)[nH]2)c(F)n1. The highest BCUT2D eigenvalue weighted by Crippen LogP contribution is 2.58. The second-order valence-corrected chi connectivity index (χ2v) is 9.95. The third-order valence-electron chi connectivity index (χ3n) is 7.30. The zero-order valence-electron chi connectivity index (χ0n) is 19.3. The zero-order valence-corrected chi connectivity index (χ0v) is 20.0. The minimum absolute atomic E-state index is 0.103. The van der Waals surface area contributed by atoms with Gasteiger partial charge < -0.3 is 15.3 Å². The molecule has 1 saturated carbocycles. The normalized spacial score (nSPS) is 17.3. The van der Waals surface area contributed by atoms with Crippen LogP contribution in [-0.4, -0.2) is 39.7 Å². The third kappa shape index (κ3) is 3.45. The molecule has 0 amide bonds. The van der Waals surface area contributed by atoms with E-state index in [1.807, 2.05) is 12.1 Å². The lowest BCUT2D eigenvalue weighted by atomic mass is 9.96. The van der Waals surface area contributed by atoms with Gasteiger partial charge in [-0.1, -0.05) is 11.6 Å². The van der Waals surface area contributed by atoms with Crippen LogP contribution in [0, 0.1) is 5.95 Å². The van der Waals surface area contributed by atoms with Gasteiger partial charge in [-0.05, 0) is 71.7 Å². The van der Waals surface area contributed by atoms with Crippen molar-refractivity contribution in [1.82, 2.24) is 39.7 Å². The number of aromatic amines is 1. The highest BCUT2D eigenvalue weighted by atomic mass is 35.5. The van der Waals surface area contributed by atoms with Gasteiger partial charge in [-0.25, -0.2) is 9.97 Å². The maximum atomic E-state index is 14.4. The van der Waals surface area contributed by atoms with Crippen LogP contribution in [0.1, 0.15) is 36.8 Å². The highest BCUT2D eigenvalue weighted by molar-refractivity contribution is 6.31. The molecule has 0 radical (unpaired) electrons. The molecule has 1 spiro atoms. The van der Waals surface area contributed by atoms with Gasteiger partial charge in [0.15, 0.2) is 0 Å². The van der Waals surface area contributed by atoms with Crippen LogP contribution >= 0.6 is 11.6 Å². The number of anilines is 1. The average Bonchev–Trinajstić information content (AvgIpc) is 3.21. The minimum atomic E-state index is -0.678. The third-order valence-corrected chi connectivity index (χ3v) is 7.53. The minimum Gasteiger partial charge on any atom is -0.384 e. The van der Waals surface area contributed by atoms with Gasteiger partial charge in [-0.15, -0.1) is 5.10 Å². The summed E-state index contributed by atoms with van der Waals surface area (Å²) in [7, 11) is 0. The summed E-state index contributed by atoms with van der Waals surface area (Å²) in [5.41, 5.74) is 9.25. The number of rotatable bonds is 4. The maximum absolute atomic E-state index is 14.4. The highest BCUT2D eigenvalue weighted by Gasteiger charge is 2.54. The molecule has 3 N–H and O–H groups in total. The number of H-pyrrole nitrogens is 1. The van der Waals surface area contributed by atoms with Gasteiger partial charge in [-0.3, -0.25) is 4.79 Å². The molecule has 5 heterocycles. The maximum Gasteiger partial charge on any atom is 0.252 e. The Bertz CT molecular complexity index is 1740. The topological polar surface area (TPSA) is 133 Å². The number of nitrogens with two attached hydrogens (primary N) is 1. The van der Waals surface area contributed by atoms with E-state index < -0.39 is 5.95 Å². The van der Waals surface area contributed by atoms with Crippen molar-refractivity contribution < 1.29 is 4.39 Å². The van der Waals surface area contributed by atoms with E-state index in [1.165, 1.54) is 12.4 Å². The molecular formula is C25H19ClFN9O. The molecule has 10 nitrogen and oxygen atoms in total. The van der Waals surface area contributed by atoms with E-state index in [9.17, 15) is 9.18 Å². The second-order valence-electron chi connectivity index (χ2n) is 9.51. The van der Waals surface area contributed by atoms with Gasteiger partial charge >= 0.3 is 0 Å². The lowest BCUT2D eigenvalue weighted by molar-refractivity contribution is 0.542. The molecule has 37 heavy (non-hydrogen) atoms. The van der Waals surface area contributed by atoms with Crippen molar-refractivity contribution in [2.75, 3.05) is 5.73 Å². The molecule has 0 saturated heterocycles.